The van der Waals surface area contributed by atoms with Gasteiger partial charge in [-0.3, -0.25) is 13.5 Å². The zero-order valence-electron chi connectivity index (χ0n) is 11.3. The van der Waals surface area contributed by atoms with E-state index in [1.807, 2.05) is 0 Å². The predicted molar refractivity (Wildman–Crippen MR) is 73.2 cm³/mol. The third kappa shape index (κ3) is 9.89. The molecule has 0 aliphatic rings. The van der Waals surface area contributed by atoms with Crippen molar-refractivity contribution in [2.24, 2.45) is 0 Å². The summed E-state index contributed by atoms with van der Waals surface area (Å²) in [5.74, 6) is -1.58. The number of hydrogen-bond donors (Lipinski definition) is 2. The lowest BCUT2D eigenvalue weighted by Gasteiger charge is -2.24. The van der Waals surface area contributed by atoms with Crippen LogP contribution in [0.4, 0.5) is 0 Å². The molecule has 0 fully saturated rings. The molecular weight excluding hydrogens is 310 g/mol. The molecule has 0 aromatic rings. The molecule has 0 unspecified atom stereocenters. The summed E-state index contributed by atoms with van der Waals surface area (Å²) < 4.78 is 57.2. The normalized spacial score (nSPS) is 12.9. The van der Waals surface area contributed by atoms with Crippen LogP contribution in [0.25, 0.3) is 0 Å². The number of hydrogen-bond acceptors (Lipinski definition) is 6. The Morgan fingerprint density at radius 2 is 1.90 bits per heavy atom. The van der Waals surface area contributed by atoms with Crippen LogP contribution in [0.5, 0.6) is 0 Å². The van der Waals surface area contributed by atoms with Gasteiger partial charge in [0.25, 0.3) is 20.2 Å². The van der Waals surface area contributed by atoms with Crippen LogP contribution in [0.1, 0.15) is 20.3 Å². The van der Waals surface area contributed by atoms with Crippen molar-refractivity contribution in [3.05, 3.63) is 12.7 Å². The summed E-state index contributed by atoms with van der Waals surface area (Å²) >= 11 is 0. The minimum Gasteiger partial charge on any atom is -0.347 e. The second-order valence-corrected chi connectivity index (χ2v) is 7.95. The number of amides is 1. The van der Waals surface area contributed by atoms with Crippen LogP contribution in [-0.4, -0.2) is 50.9 Å². The van der Waals surface area contributed by atoms with Crippen molar-refractivity contribution in [2.75, 3.05) is 18.1 Å². The van der Waals surface area contributed by atoms with Gasteiger partial charge in [-0.05, 0) is 26.3 Å². The monoisotopic (exact) mass is 329 g/mol. The predicted octanol–water partition coefficient (Wildman–Crippen LogP) is -0.308. The smallest absolute Gasteiger partial charge is 0.269 e. The second kappa shape index (κ2) is 7.16. The maximum absolute atomic E-state index is 11.6. The summed E-state index contributed by atoms with van der Waals surface area (Å²) in [5.41, 5.74) is -1.06. The van der Waals surface area contributed by atoms with Crippen LogP contribution in [-0.2, 0) is 29.2 Å². The van der Waals surface area contributed by atoms with Crippen LogP contribution in [0.2, 0.25) is 0 Å². The highest BCUT2D eigenvalue weighted by Gasteiger charge is 2.28. The van der Waals surface area contributed by atoms with Gasteiger partial charge in [-0.2, -0.15) is 16.8 Å². The molecule has 8 nitrogen and oxygen atoms in total. The van der Waals surface area contributed by atoms with Gasteiger partial charge >= 0.3 is 0 Å². The van der Waals surface area contributed by atoms with Crippen LogP contribution >= 0.6 is 0 Å². The van der Waals surface area contributed by atoms with E-state index in [9.17, 15) is 21.6 Å². The van der Waals surface area contributed by atoms with Crippen molar-refractivity contribution in [2.45, 2.75) is 25.8 Å². The molecule has 1 amide bonds. The Morgan fingerprint density at radius 3 is 2.35 bits per heavy atom. The summed E-state index contributed by atoms with van der Waals surface area (Å²) in [6.45, 7) is 5.87. The molecule has 0 aromatic heterocycles. The fourth-order valence-electron chi connectivity index (χ4n) is 1.33. The van der Waals surface area contributed by atoms with Crippen LogP contribution in [0, 0.1) is 0 Å². The Balaban J connectivity index is 4.38. The highest BCUT2D eigenvalue weighted by atomic mass is 32.2. The van der Waals surface area contributed by atoms with E-state index in [-0.39, 0.29) is 13.0 Å². The molecular formula is C10H19NO7S2. The Bertz CT molecular complexity index is 548. The van der Waals surface area contributed by atoms with Crippen LogP contribution in [0.3, 0.4) is 0 Å². The Hall–Kier alpha value is -0.970. The SMILES string of the molecule is C=CC(=O)NC(C)(C)CS(=O)(=O)OCCCS(=O)(=O)O. The first-order valence-electron chi connectivity index (χ1n) is 5.64. The zero-order chi connectivity index (χ0) is 16.0. The molecule has 20 heavy (non-hydrogen) atoms. The van der Waals surface area contributed by atoms with Crippen molar-refractivity contribution in [3.63, 3.8) is 0 Å². The third-order valence-corrected chi connectivity index (χ3v) is 4.40. The first-order chi connectivity index (χ1) is 8.87. The summed E-state index contributed by atoms with van der Waals surface area (Å²) in [5, 5.41) is 2.42. The maximum Gasteiger partial charge on any atom is 0.269 e. The minimum atomic E-state index is -4.14. The van der Waals surface area contributed by atoms with E-state index in [0.29, 0.717) is 0 Å². The van der Waals surface area contributed by atoms with Gasteiger partial charge in [0.15, 0.2) is 0 Å². The van der Waals surface area contributed by atoms with Crippen LogP contribution < -0.4 is 5.32 Å². The van der Waals surface area contributed by atoms with Gasteiger partial charge in [-0.1, -0.05) is 6.58 Å². The van der Waals surface area contributed by atoms with Gasteiger partial charge < -0.3 is 5.32 Å². The van der Waals surface area contributed by atoms with E-state index >= 15 is 0 Å². The van der Waals surface area contributed by atoms with Gasteiger partial charge in [0.05, 0.1) is 23.7 Å². The fourth-order valence-corrected chi connectivity index (χ4v) is 3.23. The maximum atomic E-state index is 11.6. The van der Waals surface area contributed by atoms with Crippen LogP contribution in [0.15, 0.2) is 12.7 Å². The molecule has 0 saturated heterocycles. The second-order valence-electron chi connectivity index (χ2n) is 4.74. The number of rotatable bonds is 9. The van der Waals surface area contributed by atoms with E-state index in [1.165, 1.54) is 13.8 Å². The minimum absolute atomic E-state index is 0.155. The molecule has 0 heterocycles. The first kappa shape index (κ1) is 19.0. The summed E-state index contributed by atoms with van der Waals surface area (Å²) in [6.07, 6.45) is 0.860. The van der Waals surface area contributed by atoms with E-state index in [4.69, 9.17) is 4.55 Å². The van der Waals surface area contributed by atoms with Crippen molar-refractivity contribution in [1.82, 2.24) is 5.32 Å². The van der Waals surface area contributed by atoms with E-state index in [2.05, 4.69) is 16.1 Å². The van der Waals surface area contributed by atoms with Crippen molar-refractivity contribution >= 4 is 26.1 Å². The lowest BCUT2D eigenvalue weighted by molar-refractivity contribution is -0.117. The molecule has 118 valence electrons. The Labute approximate surface area is 119 Å². The third-order valence-electron chi connectivity index (χ3n) is 1.99. The largest absolute Gasteiger partial charge is 0.347 e. The van der Waals surface area contributed by atoms with Gasteiger partial charge in [-0.15, -0.1) is 0 Å². The molecule has 0 atom stereocenters. The number of nitrogens with one attached hydrogen (secondary N) is 1. The average molecular weight is 329 g/mol. The standard InChI is InChI=1S/C10H19NO7S2/c1-4-9(12)11-10(2,3)8-20(16,17)18-6-5-7-19(13,14)15/h4H,1,5-8H2,2-3H3,(H,11,12)(H,13,14,15). The number of carbonyl (C=O) groups excluding carboxylic acids is 1. The molecule has 0 bridgehead atoms. The lowest BCUT2D eigenvalue weighted by Crippen LogP contribution is -2.48. The summed E-state index contributed by atoms with van der Waals surface area (Å²) in [6, 6.07) is 0. The van der Waals surface area contributed by atoms with Gasteiger partial charge in [0.1, 0.15) is 0 Å². The van der Waals surface area contributed by atoms with Crippen molar-refractivity contribution < 1.29 is 30.4 Å². The number of carbonyl (C=O) groups is 1. The van der Waals surface area contributed by atoms with E-state index < -0.39 is 43.2 Å². The molecule has 0 aromatic carbocycles. The highest BCUT2D eigenvalue weighted by Crippen LogP contribution is 2.09. The molecule has 0 radical (unpaired) electrons. The zero-order valence-corrected chi connectivity index (χ0v) is 13.0. The summed E-state index contributed by atoms with van der Waals surface area (Å²) in [7, 11) is -8.08. The molecule has 10 heteroatoms. The van der Waals surface area contributed by atoms with Crippen molar-refractivity contribution in [1.29, 1.82) is 0 Å². The Morgan fingerprint density at radius 1 is 1.35 bits per heavy atom. The molecule has 0 saturated carbocycles. The summed E-state index contributed by atoms with van der Waals surface area (Å²) in [4.78, 5) is 11.1. The fraction of sp³-hybridized carbons (Fsp3) is 0.700. The topological polar surface area (TPSA) is 127 Å². The average Bonchev–Trinajstić information content (AvgIpc) is 2.20. The van der Waals surface area contributed by atoms with E-state index in [0.717, 1.165) is 6.08 Å². The van der Waals surface area contributed by atoms with Crippen molar-refractivity contribution in [3.8, 4) is 0 Å². The first-order valence-corrected chi connectivity index (χ1v) is 8.82. The quantitative estimate of drug-likeness (QED) is 0.257. The van der Waals surface area contributed by atoms with Gasteiger partial charge in [-0.25, -0.2) is 0 Å². The van der Waals surface area contributed by atoms with Gasteiger partial charge in [0, 0.05) is 0 Å². The van der Waals surface area contributed by atoms with E-state index in [1.54, 1.807) is 0 Å². The molecule has 2 N–H and O–H groups in total. The molecule has 0 rings (SSSR count). The molecule has 0 spiro atoms. The van der Waals surface area contributed by atoms with Gasteiger partial charge in [0.2, 0.25) is 5.91 Å². The highest BCUT2D eigenvalue weighted by molar-refractivity contribution is 7.86. The Kier molecular flexibility index (Phi) is 6.81. The molecule has 0 aliphatic heterocycles. The molecule has 0 aliphatic carbocycles. The lowest BCUT2D eigenvalue weighted by atomic mass is 10.1.